The number of nitrogens with two attached hydrogens (primary N) is 1. The number of rotatable bonds is 2. The molecule has 3 heteroatoms. The lowest BCUT2D eigenvalue weighted by atomic mass is 9.82. The Hall–Kier alpha value is -0.150. The number of likely N-dealkylation sites (tertiary alicyclic amines) is 1. The van der Waals surface area contributed by atoms with Crippen LogP contribution in [0, 0.1) is 5.92 Å². The van der Waals surface area contributed by atoms with Crippen molar-refractivity contribution in [3.8, 4) is 0 Å². The number of hydrogen-bond donors (Lipinski definition) is 1. The van der Waals surface area contributed by atoms with E-state index in [1.807, 2.05) is 14.0 Å². The summed E-state index contributed by atoms with van der Waals surface area (Å²) >= 11 is 0. The van der Waals surface area contributed by atoms with Gasteiger partial charge in [-0.15, -0.1) is 0 Å². The summed E-state index contributed by atoms with van der Waals surface area (Å²) in [6, 6.07) is 0. The second kappa shape index (κ2) is 3.71. The van der Waals surface area contributed by atoms with E-state index in [-0.39, 0.29) is 5.92 Å². The first kappa shape index (κ1) is 9.93. The monoisotopic (exact) mass is 174 g/mol. The fraction of sp³-hybridized carbons (Fsp3) is 1.00. The fourth-order valence-electron chi connectivity index (χ4n) is 1.69. The maximum absolute atomic E-state index is 14.0. The van der Waals surface area contributed by atoms with Crippen LogP contribution in [0.4, 0.5) is 4.39 Å². The van der Waals surface area contributed by atoms with Gasteiger partial charge in [0.05, 0.1) is 0 Å². The van der Waals surface area contributed by atoms with Gasteiger partial charge in [-0.25, -0.2) is 4.39 Å². The predicted molar refractivity (Wildman–Crippen MR) is 48.8 cm³/mol. The van der Waals surface area contributed by atoms with Gasteiger partial charge in [-0.2, -0.15) is 0 Å². The first-order valence-corrected chi connectivity index (χ1v) is 4.66. The Balaban J connectivity index is 2.49. The Morgan fingerprint density at radius 3 is 2.42 bits per heavy atom. The first-order chi connectivity index (χ1) is 5.58. The smallest absolute Gasteiger partial charge is 0.117 e. The third-order valence-corrected chi connectivity index (χ3v) is 3.05. The molecule has 0 amide bonds. The molecule has 1 heterocycles. The summed E-state index contributed by atoms with van der Waals surface area (Å²) in [5.74, 6) is 0.00574. The molecule has 1 atom stereocenters. The molecule has 1 aliphatic rings. The van der Waals surface area contributed by atoms with Crippen molar-refractivity contribution in [1.82, 2.24) is 4.90 Å². The minimum absolute atomic E-state index is 0.00574. The maximum Gasteiger partial charge on any atom is 0.117 e. The highest BCUT2D eigenvalue weighted by molar-refractivity contribution is 4.89. The molecule has 2 N–H and O–H groups in total. The quantitative estimate of drug-likeness (QED) is 0.677. The minimum atomic E-state index is -0.999. The second-order valence-electron chi connectivity index (χ2n) is 3.97. The highest BCUT2D eigenvalue weighted by atomic mass is 19.1. The van der Waals surface area contributed by atoms with Crippen LogP contribution in [0.3, 0.4) is 0 Å². The summed E-state index contributed by atoms with van der Waals surface area (Å²) in [4.78, 5) is 2.17. The van der Waals surface area contributed by atoms with Gasteiger partial charge in [0.2, 0.25) is 0 Å². The van der Waals surface area contributed by atoms with Crippen molar-refractivity contribution in [2.45, 2.75) is 25.4 Å². The van der Waals surface area contributed by atoms with Crippen molar-refractivity contribution < 1.29 is 4.39 Å². The molecule has 0 aromatic rings. The van der Waals surface area contributed by atoms with Crippen molar-refractivity contribution in [2.75, 3.05) is 26.7 Å². The van der Waals surface area contributed by atoms with Crippen LogP contribution in [0.15, 0.2) is 0 Å². The Labute approximate surface area is 73.9 Å². The Bertz CT molecular complexity index is 141. The SMILES string of the molecule is CC(CN)C1(F)CCN(C)CC1. The molecule has 72 valence electrons. The van der Waals surface area contributed by atoms with Crippen molar-refractivity contribution in [3.63, 3.8) is 0 Å². The van der Waals surface area contributed by atoms with Crippen LogP contribution < -0.4 is 5.73 Å². The Morgan fingerprint density at radius 1 is 1.50 bits per heavy atom. The van der Waals surface area contributed by atoms with Crippen LogP contribution in [0.1, 0.15) is 19.8 Å². The molecule has 0 radical (unpaired) electrons. The molecule has 2 nitrogen and oxygen atoms in total. The van der Waals surface area contributed by atoms with E-state index in [0.717, 1.165) is 13.1 Å². The molecule has 0 aromatic carbocycles. The van der Waals surface area contributed by atoms with Gasteiger partial charge in [-0.05, 0) is 26.4 Å². The molecule has 1 unspecified atom stereocenters. The Kier molecular flexibility index (Phi) is 3.07. The topological polar surface area (TPSA) is 29.3 Å². The molecule has 0 spiro atoms. The van der Waals surface area contributed by atoms with Crippen LogP contribution >= 0.6 is 0 Å². The standard InChI is InChI=1S/C9H19FN2/c1-8(7-11)9(10)3-5-12(2)6-4-9/h8H,3-7,11H2,1-2H3. The zero-order chi connectivity index (χ0) is 9.19. The molecular formula is C9H19FN2. The van der Waals surface area contributed by atoms with E-state index in [2.05, 4.69) is 4.90 Å². The van der Waals surface area contributed by atoms with E-state index >= 15 is 0 Å². The van der Waals surface area contributed by atoms with Gasteiger partial charge in [-0.3, -0.25) is 0 Å². The largest absolute Gasteiger partial charge is 0.330 e. The van der Waals surface area contributed by atoms with E-state index in [4.69, 9.17) is 5.73 Å². The van der Waals surface area contributed by atoms with Crippen LogP contribution in [0.2, 0.25) is 0 Å². The maximum atomic E-state index is 14.0. The summed E-state index contributed by atoms with van der Waals surface area (Å²) < 4.78 is 14.0. The lowest BCUT2D eigenvalue weighted by Gasteiger charge is -2.38. The van der Waals surface area contributed by atoms with Crippen molar-refractivity contribution in [1.29, 1.82) is 0 Å². The number of nitrogens with zero attached hydrogens (tertiary/aromatic N) is 1. The lowest BCUT2D eigenvalue weighted by Crippen LogP contribution is -2.45. The van der Waals surface area contributed by atoms with Gasteiger partial charge in [0.1, 0.15) is 5.67 Å². The first-order valence-electron chi connectivity index (χ1n) is 4.66. The van der Waals surface area contributed by atoms with Gasteiger partial charge >= 0.3 is 0 Å². The van der Waals surface area contributed by atoms with Gasteiger partial charge in [0, 0.05) is 19.0 Å². The van der Waals surface area contributed by atoms with E-state index in [1.165, 1.54) is 0 Å². The highest BCUT2D eigenvalue weighted by Gasteiger charge is 2.37. The van der Waals surface area contributed by atoms with Crippen molar-refractivity contribution >= 4 is 0 Å². The Morgan fingerprint density at radius 2 is 2.00 bits per heavy atom. The van der Waals surface area contributed by atoms with Crippen LogP contribution in [0.25, 0.3) is 0 Å². The van der Waals surface area contributed by atoms with Crippen LogP contribution in [-0.2, 0) is 0 Å². The highest BCUT2D eigenvalue weighted by Crippen LogP contribution is 2.32. The summed E-state index contributed by atoms with van der Waals surface area (Å²) in [5.41, 5.74) is 4.47. The number of alkyl halides is 1. The molecule has 12 heavy (non-hydrogen) atoms. The molecule has 0 aromatic heterocycles. The van der Waals surface area contributed by atoms with Crippen molar-refractivity contribution in [2.24, 2.45) is 11.7 Å². The third kappa shape index (κ3) is 1.96. The summed E-state index contributed by atoms with van der Waals surface area (Å²) in [5, 5.41) is 0. The van der Waals surface area contributed by atoms with E-state index in [0.29, 0.717) is 19.4 Å². The van der Waals surface area contributed by atoms with Crippen LogP contribution in [0.5, 0.6) is 0 Å². The summed E-state index contributed by atoms with van der Waals surface area (Å²) in [7, 11) is 2.03. The normalized spacial score (nSPS) is 27.0. The fourth-order valence-corrected chi connectivity index (χ4v) is 1.69. The zero-order valence-corrected chi connectivity index (χ0v) is 8.02. The summed E-state index contributed by atoms with van der Waals surface area (Å²) in [6.07, 6.45) is 1.28. The molecule has 1 fully saturated rings. The van der Waals surface area contributed by atoms with E-state index in [1.54, 1.807) is 0 Å². The van der Waals surface area contributed by atoms with Gasteiger partial charge in [-0.1, -0.05) is 6.92 Å². The zero-order valence-electron chi connectivity index (χ0n) is 8.02. The minimum Gasteiger partial charge on any atom is -0.330 e. The summed E-state index contributed by atoms with van der Waals surface area (Å²) in [6.45, 7) is 4.09. The molecule has 0 saturated carbocycles. The van der Waals surface area contributed by atoms with Gasteiger partial charge in [0.25, 0.3) is 0 Å². The molecule has 0 aliphatic carbocycles. The molecule has 1 rings (SSSR count). The van der Waals surface area contributed by atoms with E-state index in [9.17, 15) is 4.39 Å². The van der Waals surface area contributed by atoms with Gasteiger partial charge < -0.3 is 10.6 Å². The van der Waals surface area contributed by atoms with Crippen molar-refractivity contribution in [3.05, 3.63) is 0 Å². The molecular weight excluding hydrogens is 155 g/mol. The van der Waals surface area contributed by atoms with Gasteiger partial charge in [0.15, 0.2) is 0 Å². The number of halogens is 1. The number of piperidine rings is 1. The second-order valence-corrected chi connectivity index (χ2v) is 3.97. The number of hydrogen-bond acceptors (Lipinski definition) is 2. The average Bonchev–Trinajstić information content (AvgIpc) is 2.09. The van der Waals surface area contributed by atoms with E-state index < -0.39 is 5.67 Å². The molecule has 0 bridgehead atoms. The lowest BCUT2D eigenvalue weighted by molar-refractivity contribution is 0.0241. The molecule has 1 saturated heterocycles. The van der Waals surface area contributed by atoms with Crippen LogP contribution in [-0.4, -0.2) is 37.3 Å². The molecule has 1 aliphatic heterocycles. The average molecular weight is 174 g/mol. The third-order valence-electron chi connectivity index (χ3n) is 3.05. The predicted octanol–water partition coefficient (Wildman–Crippen LogP) is 1.02.